The number of nitrogens with one attached hydrogen (secondary N) is 2. The van der Waals surface area contributed by atoms with Crippen LogP contribution in [0.1, 0.15) is 13.3 Å². The third-order valence-corrected chi connectivity index (χ3v) is 3.18. The van der Waals surface area contributed by atoms with Gasteiger partial charge in [0.1, 0.15) is 9.92 Å². The van der Waals surface area contributed by atoms with Crippen LogP contribution in [0.15, 0.2) is 12.3 Å². The summed E-state index contributed by atoms with van der Waals surface area (Å²) >= 11 is 0. The minimum absolute atomic E-state index is 0.241. The van der Waals surface area contributed by atoms with Gasteiger partial charge in [-0.1, -0.05) is 13.5 Å². The van der Waals surface area contributed by atoms with Gasteiger partial charge in [0.2, 0.25) is 0 Å². The van der Waals surface area contributed by atoms with E-state index in [9.17, 15) is 4.21 Å². The molecule has 0 radical (unpaired) electrons. The first kappa shape index (κ1) is 7.60. The summed E-state index contributed by atoms with van der Waals surface area (Å²) in [6.45, 7) is 5.70. The highest BCUT2D eigenvalue weighted by molar-refractivity contribution is 7.90. The molecule has 0 aromatic carbocycles. The summed E-state index contributed by atoms with van der Waals surface area (Å²) < 4.78 is 20.9. The Hall–Kier alpha value is -0.510. The van der Waals surface area contributed by atoms with E-state index in [1.54, 1.807) is 0 Å². The largest absolute Gasteiger partial charge is 0.303 e. The molecule has 10 heavy (non-hydrogen) atoms. The molecule has 58 valence electrons. The lowest BCUT2D eigenvalue weighted by Crippen LogP contribution is -2.12. The normalized spacial score (nSPS) is 39.7. The predicted molar refractivity (Wildman–Crippen MR) is 41.8 cm³/mol. The molecule has 1 rings (SSSR count). The maximum Gasteiger partial charge on any atom is 0.127 e. The van der Waals surface area contributed by atoms with Crippen molar-refractivity contribution >= 4 is 9.92 Å². The van der Waals surface area contributed by atoms with Gasteiger partial charge in [-0.3, -0.25) is 0 Å². The lowest BCUT2D eigenvalue weighted by Gasteiger charge is -2.01. The Morgan fingerprint density at radius 2 is 2.60 bits per heavy atom. The Balaban J connectivity index is 2.80. The van der Waals surface area contributed by atoms with Crippen molar-refractivity contribution in [2.45, 2.75) is 13.3 Å². The Morgan fingerprint density at radius 1 is 2.00 bits per heavy atom. The molecule has 0 bridgehead atoms. The summed E-state index contributed by atoms with van der Waals surface area (Å²) in [6, 6.07) is 0. The van der Waals surface area contributed by atoms with Crippen molar-refractivity contribution in [3.63, 3.8) is 0 Å². The van der Waals surface area contributed by atoms with E-state index in [1.807, 2.05) is 6.92 Å². The van der Waals surface area contributed by atoms with Gasteiger partial charge in [0.15, 0.2) is 0 Å². The van der Waals surface area contributed by atoms with Crippen LogP contribution < -0.4 is 4.72 Å². The van der Waals surface area contributed by atoms with Crippen molar-refractivity contribution in [1.82, 2.24) is 4.72 Å². The van der Waals surface area contributed by atoms with E-state index in [4.69, 9.17) is 4.78 Å². The van der Waals surface area contributed by atoms with E-state index < -0.39 is 9.92 Å². The second-order valence-electron chi connectivity index (χ2n) is 2.57. The Morgan fingerprint density at radius 3 is 2.80 bits per heavy atom. The van der Waals surface area contributed by atoms with Gasteiger partial charge in [0.25, 0.3) is 0 Å². The first-order valence-electron chi connectivity index (χ1n) is 3.28. The summed E-state index contributed by atoms with van der Waals surface area (Å²) in [4.78, 5) is 0. The second kappa shape index (κ2) is 2.27. The average Bonchev–Trinajstić information content (AvgIpc) is 2.05. The molecule has 2 N–H and O–H groups in total. The smallest absolute Gasteiger partial charge is 0.127 e. The van der Waals surface area contributed by atoms with Crippen molar-refractivity contribution < 1.29 is 4.21 Å². The molecule has 4 heteroatoms. The molecule has 2 unspecified atom stereocenters. The van der Waals surface area contributed by atoms with Crippen molar-refractivity contribution in [3.05, 3.63) is 12.3 Å². The van der Waals surface area contributed by atoms with Gasteiger partial charge >= 0.3 is 0 Å². The van der Waals surface area contributed by atoms with E-state index in [0.717, 1.165) is 12.1 Å². The van der Waals surface area contributed by atoms with Crippen LogP contribution in [0.2, 0.25) is 0 Å². The van der Waals surface area contributed by atoms with Gasteiger partial charge in [-0.05, 0) is 6.42 Å². The molecule has 1 heterocycles. The van der Waals surface area contributed by atoms with E-state index in [0.29, 0.717) is 5.75 Å². The van der Waals surface area contributed by atoms with Crippen LogP contribution in [0.5, 0.6) is 0 Å². The highest BCUT2D eigenvalue weighted by atomic mass is 32.2. The van der Waals surface area contributed by atoms with Gasteiger partial charge < -0.3 is 4.72 Å². The Labute approximate surface area is 61.6 Å². The molecule has 1 aliphatic heterocycles. The molecule has 1 saturated heterocycles. The number of rotatable bonds is 1. The topological polar surface area (TPSA) is 53.0 Å². The van der Waals surface area contributed by atoms with Crippen LogP contribution in [0.3, 0.4) is 0 Å². The first-order chi connectivity index (χ1) is 4.55. The van der Waals surface area contributed by atoms with Crippen molar-refractivity contribution in [2.24, 2.45) is 5.92 Å². The highest BCUT2D eigenvalue weighted by Crippen LogP contribution is 2.20. The second-order valence-corrected chi connectivity index (χ2v) is 4.46. The molecule has 0 saturated carbocycles. The van der Waals surface area contributed by atoms with Gasteiger partial charge in [0, 0.05) is 11.6 Å². The zero-order chi connectivity index (χ0) is 7.78. The zero-order valence-corrected chi connectivity index (χ0v) is 6.83. The molecule has 0 amide bonds. The maximum absolute atomic E-state index is 11.1. The Kier molecular flexibility index (Phi) is 1.72. The minimum atomic E-state index is -2.51. The van der Waals surface area contributed by atoms with Crippen molar-refractivity contribution in [2.75, 3.05) is 5.75 Å². The van der Waals surface area contributed by atoms with Crippen LogP contribution in [0.4, 0.5) is 0 Å². The van der Waals surface area contributed by atoms with Gasteiger partial charge in [-0.2, -0.15) is 0 Å². The van der Waals surface area contributed by atoms with Gasteiger partial charge in [-0.15, -0.1) is 0 Å². The minimum Gasteiger partial charge on any atom is -0.303 e. The van der Waals surface area contributed by atoms with Crippen molar-refractivity contribution in [1.29, 1.82) is 4.78 Å². The van der Waals surface area contributed by atoms with Crippen LogP contribution >= 0.6 is 0 Å². The molecule has 2 atom stereocenters. The van der Waals surface area contributed by atoms with Crippen LogP contribution in [-0.4, -0.2) is 9.96 Å². The standard InChI is InChI=1S/C6H12N2OS/c1-3-6-4-10(7,9)8-5(6)2/h6H,2-4H2,1H3,(H2,7,8,9). The maximum atomic E-state index is 11.1. The monoisotopic (exact) mass is 160 g/mol. The SMILES string of the molecule is C=C1NS(=N)(=O)CC1CC. The quantitative estimate of drug-likeness (QED) is 0.592. The lowest BCUT2D eigenvalue weighted by molar-refractivity contribution is 0.660. The van der Waals surface area contributed by atoms with Gasteiger partial charge in [0.05, 0.1) is 5.75 Å². The average molecular weight is 160 g/mol. The van der Waals surface area contributed by atoms with Crippen LogP contribution in [-0.2, 0) is 9.92 Å². The molecule has 1 aliphatic rings. The molecule has 0 aliphatic carbocycles. The highest BCUT2D eigenvalue weighted by Gasteiger charge is 2.25. The van der Waals surface area contributed by atoms with Gasteiger partial charge in [-0.25, -0.2) is 8.99 Å². The fourth-order valence-electron chi connectivity index (χ4n) is 1.08. The summed E-state index contributed by atoms with van der Waals surface area (Å²) in [5.41, 5.74) is 0.766. The van der Waals surface area contributed by atoms with E-state index in [2.05, 4.69) is 11.3 Å². The third-order valence-electron chi connectivity index (χ3n) is 1.72. The molecule has 0 aromatic rings. The van der Waals surface area contributed by atoms with Crippen LogP contribution in [0.25, 0.3) is 0 Å². The molecule has 0 spiro atoms. The fraction of sp³-hybridized carbons (Fsp3) is 0.667. The summed E-state index contributed by atoms with van der Waals surface area (Å²) in [5.74, 6) is 0.674. The van der Waals surface area contributed by atoms with E-state index >= 15 is 0 Å². The number of allylic oxidation sites excluding steroid dienone is 1. The summed E-state index contributed by atoms with van der Waals surface area (Å²) in [7, 11) is -2.51. The predicted octanol–water partition coefficient (Wildman–Crippen LogP) is 1.09. The van der Waals surface area contributed by atoms with Crippen LogP contribution in [0, 0.1) is 10.7 Å². The Bertz CT molecular complexity index is 242. The molecular weight excluding hydrogens is 148 g/mol. The summed E-state index contributed by atoms with van der Waals surface area (Å²) in [5, 5.41) is 0. The first-order valence-corrected chi connectivity index (χ1v) is 5.01. The number of hydrogen-bond acceptors (Lipinski definition) is 2. The van der Waals surface area contributed by atoms with E-state index in [-0.39, 0.29) is 5.92 Å². The third kappa shape index (κ3) is 1.31. The molecule has 0 aromatic heterocycles. The molecule has 3 nitrogen and oxygen atoms in total. The molecular formula is C6H12N2OS. The van der Waals surface area contributed by atoms with Crippen molar-refractivity contribution in [3.8, 4) is 0 Å². The lowest BCUT2D eigenvalue weighted by atomic mass is 10.1. The summed E-state index contributed by atoms with van der Waals surface area (Å²) in [6.07, 6.45) is 0.918. The van der Waals surface area contributed by atoms with E-state index in [1.165, 1.54) is 0 Å². The fourth-order valence-corrected chi connectivity index (χ4v) is 2.76. The zero-order valence-electron chi connectivity index (χ0n) is 6.02. The molecule has 1 fully saturated rings. The number of hydrogen-bond donors (Lipinski definition) is 2.